The first-order chi connectivity index (χ1) is 7.33. The summed E-state index contributed by atoms with van der Waals surface area (Å²) in [5.74, 6) is 0. The predicted octanol–water partition coefficient (Wildman–Crippen LogP) is 2.43. The lowest BCUT2D eigenvalue weighted by Crippen LogP contribution is -2.41. The highest BCUT2D eigenvalue weighted by Crippen LogP contribution is 2.30. The highest BCUT2D eigenvalue weighted by atomic mass is 35.5. The average molecular weight is 223 g/mol. The highest BCUT2D eigenvalue weighted by molar-refractivity contribution is 6.33. The Hall–Kier alpha value is -0.730. The lowest BCUT2D eigenvalue weighted by atomic mass is 9.99. The summed E-state index contributed by atoms with van der Waals surface area (Å²) in [5, 5.41) is 7.91. The van der Waals surface area contributed by atoms with Gasteiger partial charge in [-0.15, -0.1) is 0 Å². The summed E-state index contributed by atoms with van der Waals surface area (Å²) in [6.45, 7) is 0.993. The molecule has 2 nitrogen and oxygen atoms in total. The zero-order valence-corrected chi connectivity index (χ0v) is 9.35. The van der Waals surface area contributed by atoms with Crippen molar-refractivity contribution >= 4 is 17.3 Å². The molecule has 0 saturated heterocycles. The van der Waals surface area contributed by atoms with Gasteiger partial charge in [0.2, 0.25) is 0 Å². The second-order valence-electron chi connectivity index (χ2n) is 4.50. The Bertz CT molecular complexity index is 374. The standard InChI is InChI=1S/C12H15ClN2/c13-11-3-1-2-8-6-10(7-14-12(8)11)15-9-4-5-9/h1-3,9-10,14-15H,4-7H2. The fourth-order valence-electron chi connectivity index (χ4n) is 2.20. The first kappa shape index (κ1) is 9.49. The summed E-state index contributed by atoms with van der Waals surface area (Å²) in [7, 11) is 0. The predicted molar refractivity (Wildman–Crippen MR) is 63.6 cm³/mol. The minimum atomic E-state index is 0.573. The first-order valence-electron chi connectivity index (χ1n) is 5.60. The van der Waals surface area contributed by atoms with E-state index in [1.165, 1.54) is 18.4 Å². The molecule has 1 aliphatic heterocycles. The molecule has 0 radical (unpaired) electrons. The number of anilines is 1. The average Bonchev–Trinajstić information content (AvgIpc) is 3.02. The summed E-state index contributed by atoms with van der Waals surface area (Å²) < 4.78 is 0. The maximum absolute atomic E-state index is 6.13. The van der Waals surface area contributed by atoms with Crippen molar-refractivity contribution in [1.29, 1.82) is 0 Å². The second kappa shape index (κ2) is 3.69. The van der Waals surface area contributed by atoms with E-state index < -0.39 is 0 Å². The molecule has 15 heavy (non-hydrogen) atoms. The van der Waals surface area contributed by atoms with E-state index in [0.29, 0.717) is 6.04 Å². The molecule has 1 heterocycles. The van der Waals surface area contributed by atoms with Crippen LogP contribution in [0.3, 0.4) is 0 Å². The van der Waals surface area contributed by atoms with Gasteiger partial charge in [-0.05, 0) is 30.9 Å². The smallest absolute Gasteiger partial charge is 0.0640 e. The van der Waals surface area contributed by atoms with Crippen LogP contribution in [-0.4, -0.2) is 18.6 Å². The van der Waals surface area contributed by atoms with E-state index in [0.717, 1.165) is 29.7 Å². The molecule has 1 aliphatic carbocycles. The molecule has 3 heteroatoms. The van der Waals surface area contributed by atoms with E-state index in [2.05, 4.69) is 16.7 Å². The number of hydrogen-bond donors (Lipinski definition) is 2. The molecule has 2 aliphatic rings. The number of rotatable bonds is 2. The Kier molecular flexibility index (Phi) is 2.33. The molecular weight excluding hydrogens is 208 g/mol. The molecule has 3 rings (SSSR count). The number of benzene rings is 1. The van der Waals surface area contributed by atoms with Crippen LogP contribution in [0.2, 0.25) is 5.02 Å². The Morgan fingerprint density at radius 3 is 2.93 bits per heavy atom. The third kappa shape index (κ3) is 1.97. The van der Waals surface area contributed by atoms with Crippen LogP contribution in [0.4, 0.5) is 5.69 Å². The molecule has 2 N–H and O–H groups in total. The van der Waals surface area contributed by atoms with Gasteiger partial charge in [0.25, 0.3) is 0 Å². The van der Waals surface area contributed by atoms with Crippen molar-refractivity contribution in [3.8, 4) is 0 Å². The number of fused-ring (bicyclic) bond motifs is 1. The third-order valence-corrected chi connectivity index (χ3v) is 3.46. The van der Waals surface area contributed by atoms with Crippen LogP contribution in [0.1, 0.15) is 18.4 Å². The minimum Gasteiger partial charge on any atom is -0.382 e. The van der Waals surface area contributed by atoms with Gasteiger partial charge in [-0.25, -0.2) is 0 Å². The Morgan fingerprint density at radius 2 is 2.13 bits per heavy atom. The molecule has 1 aromatic rings. The van der Waals surface area contributed by atoms with E-state index in [4.69, 9.17) is 11.6 Å². The molecule has 1 unspecified atom stereocenters. The van der Waals surface area contributed by atoms with Crippen molar-refractivity contribution in [2.24, 2.45) is 0 Å². The normalized spacial score (nSPS) is 24.5. The van der Waals surface area contributed by atoms with E-state index in [1.807, 2.05) is 12.1 Å². The maximum Gasteiger partial charge on any atom is 0.0640 e. The topological polar surface area (TPSA) is 24.1 Å². The molecule has 0 spiro atoms. The van der Waals surface area contributed by atoms with Crippen molar-refractivity contribution in [2.75, 3.05) is 11.9 Å². The Morgan fingerprint density at radius 1 is 1.27 bits per heavy atom. The molecule has 1 atom stereocenters. The number of para-hydroxylation sites is 1. The van der Waals surface area contributed by atoms with Crippen LogP contribution in [-0.2, 0) is 6.42 Å². The second-order valence-corrected chi connectivity index (χ2v) is 4.90. The van der Waals surface area contributed by atoms with Crippen LogP contribution in [0, 0.1) is 0 Å². The van der Waals surface area contributed by atoms with Crippen molar-refractivity contribution in [3.63, 3.8) is 0 Å². The molecular formula is C12H15ClN2. The molecule has 0 amide bonds. The summed E-state index contributed by atoms with van der Waals surface area (Å²) in [5.41, 5.74) is 2.47. The van der Waals surface area contributed by atoms with Crippen LogP contribution in [0.15, 0.2) is 18.2 Å². The zero-order valence-electron chi connectivity index (χ0n) is 8.59. The SMILES string of the molecule is Clc1cccc2c1NCC(NC1CC1)C2. The highest BCUT2D eigenvalue weighted by Gasteiger charge is 2.27. The van der Waals surface area contributed by atoms with Crippen molar-refractivity contribution in [2.45, 2.75) is 31.3 Å². The van der Waals surface area contributed by atoms with Crippen LogP contribution >= 0.6 is 11.6 Å². The van der Waals surface area contributed by atoms with E-state index >= 15 is 0 Å². The van der Waals surface area contributed by atoms with Gasteiger partial charge in [0.1, 0.15) is 0 Å². The van der Waals surface area contributed by atoms with Crippen molar-refractivity contribution in [1.82, 2.24) is 5.32 Å². The summed E-state index contributed by atoms with van der Waals surface area (Å²) in [6.07, 6.45) is 3.79. The fourth-order valence-corrected chi connectivity index (χ4v) is 2.46. The minimum absolute atomic E-state index is 0.573. The van der Waals surface area contributed by atoms with Crippen molar-refractivity contribution in [3.05, 3.63) is 28.8 Å². The molecule has 80 valence electrons. The number of nitrogens with one attached hydrogen (secondary N) is 2. The zero-order chi connectivity index (χ0) is 10.3. The summed E-state index contributed by atoms with van der Waals surface area (Å²) in [6, 6.07) is 7.49. The summed E-state index contributed by atoms with van der Waals surface area (Å²) in [4.78, 5) is 0. The molecule has 1 fully saturated rings. The van der Waals surface area contributed by atoms with E-state index in [1.54, 1.807) is 0 Å². The number of hydrogen-bond acceptors (Lipinski definition) is 2. The van der Waals surface area contributed by atoms with E-state index in [-0.39, 0.29) is 0 Å². The number of halogens is 1. The lowest BCUT2D eigenvalue weighted by molar-refractivity contribution is 0.515. The Labute approximate surface area is 95.0 Å². The van der Waals surface area contributed by atoms with Gasteiger partial charge in [-0.1, -0.05) is 23.7 Å². The largest absolute Gasteiger partial charge is 0.382 e. The van der Waals surface area contributed by atoms with Gasteiger partial charge in [-0.2, -0.15) is 0 Å². The van der Waals surface area contributed by atoms with Crippen LogP contribution in [0.5, 0.6) is 0 Å². The summed E-state index contributed by atoms with van der Waals surface area (Å²) >= 11 is 6.13. The van der Waals surface area contributed by atoms with Gasteiger partial charge < -0.3 is 10.6 Å². The van der Waals surface area contributed by atoms with Gasteiger partial charge in [-0.3, -0.25) is 0 Å². The van der Waals surface area contributed by atoms with Gasteiger partial charge in [0.05, 0.1) is 10.7 Å². The van der Waals surface area contributed by atoms with E-state index in [9.17, 15) is 0 Å². The third-order valence-electron chi connectivity index (χ3n) is 3.14. The fraction of sp³-hybridized carbons (Fsp3) is 0.500. The molecule has 0 bridgehead atoms. The van der Waals surface area contributed by atoms with Crippen LogP contribution in [0.25, 0.3) is 0 Å². The van der Waals surface area contributed by atoms with Gasteiger partial charge in [0, 0.05) is 18.6 Å². The monoisotopic (exact) mass is 222 g/mol. The Balaban J connectivity index is 1.77. The molecule has 1 aromatic carbocycles. The van der Waals surface area contributed by atoms with Crippen molar-refractivity contribution < 1.29 is 0 Å². The molecule has 0 aromatic heterocycles. The quantitative estimate of drug-likeness (QED) is 0.803. The molecule has 1 saturated carbocycles. The van der Waals surface area contributed by atoms with Gasteiger partial charge >= 0.3 is 0 Å². The van der Waals surface area contributed by atoms with Gasteiger partial charge in [0.15, 0.2) is 0 Å². The van der Waals surface area contributed by atoms with Crippen LogP contribution < -0.4 is 10.6 Å². The maximum atomic E-state index is 6.13. The lowest BCUT2D eigenvalue weighted by Gasteiger charge is -2.27. The first-order valence-corrected chi connectivity index (χ1v) is 5.98.